The second-order valence-electron chi connectivity index (χ2n) is 6.47. The van der Waals surface area contributed by atoms with Crippen LogP contribution in [0.2, 0.25) is 0 Å². The molecule has 1 rings (SSSR count). The molecule has 0 aliphatic carbocycles. The summed E-state index contributed by atoms with van der Waals surface area (Å²) < 4.78 is 27.5. The van der Waals surface area contributed by atoms with E-state index in [0.29, 0.717) is 23.7 Å². The summed E-state index contributed by atoms with van der Waals surface area (Å²) in [6, 6.07) is 6.89. The Balaban J connectivity index is 3.16. The molecule has 21 heavy (non-hydrogen) atoms. The molecule has 3 N–H and O–H groups in total. The topological polar surface area (TPSA) is 75.4 Å². The van der Waals surface area contributed by atoms with Crippen LogP contribution in [0.4, 0.5) is 5.69 Å². The van der Waals surface area contributed by atoms with Gasteiger partial charge in [0, 0.05) is 19.6 Å². The molecule has 0 spiro atoms. The SMILES string of the molecule is CC(C)NS(=O)(=O)c1ccccc1N(C)CC(C)(C)CN. The largest absolute Gasteiger partial charge is 0.373 e. The average molecular weight is 313 g/mol. The minimum Gasteiger partial charge on any atom is -0.373 e. The van der Waals surface area contributed by atoms with E-state index in [1.165, 1.54) is 0 Å². The van der Waals surface area contributed by atoms with E-state index in [1.54, 1.807) is 26.0 Å². The van der Waals surface area contributed by atoms with Crippen LogP contribution >= 0.6 is 0 Å². The Labute approximate surface area is 128 Å². The van der Waals surface area contributed by atoms with E-state index in [1.807, 2.05) is 24.1 Å². The van der Waals surface area contributed by atoms with Gasteiger partial charge < -0.3 is 10.6 Å². The summed E-state index contributed by atoms with van der Waals surface area (Å²) in [5.74, 6) is 0. The first-order valence-corrected chi connectivity index (χ1v) is 8.60. The first kappa shape index (κ1) is 17.9. The van der Waals surface area contributed by atoms with Crippen molar-refractivity contribution in [2.24, 2.45) is 11.1 Å². The average Bonchev–Trinajstić information content (AvgIpc) is 2.37. The fraction of sp³-hybridized carbons (Fsp3) is 0.600. The van der Waals surface area contributed by atoms with E-state index in [0.717, 1.165) is 0 Å². The van der Waals surface area contributed by atoms with Crippen LogP contribution in [0.25, 0.3) is 0 Å². The molecule has 0 heterocycles. The summed E-state index contributed by atoms with van der Waals surface area (Å²) in [4.78, 5) is 2.25. The van der Waals surface area contributed by atoms with Gasteiger partial charge >= 0.3 is 0 Å². The van der Waals surface area contributed by atoms with Crippen molar-refractivity contribution in [2.75, 3.05) is 25.0 Å². The highest BCUT2D eigenvalue weighted by atomic mass is 32.2. The quantitative estimate of drug-likeness (QED) is 0.805. The maximum absolute atomic E-state index is 12.4. The number of sulfonamides is 1. The van der Waals surface area contributed by atoms with E-state index in [2.05, 4.69) is 18.6 Å². The zero-order valence-electron chi connectivity index (χ0n) is 13.6. The van der Waals surface area contributed by atoms with Crippen molar-refractivity contribution in [3.8, 4) is 0 Å². The van der Waals surface area contributed by atoms with Crippen LogP contribution in [0, 0.1) is 5.41 Å². The number of rotatable bonds is 7. The smallest absolute Gasteiger partial charge is 0.242 e. The van der Waals surface area contributed by atoms with E-state index in [9.17, 15) is 8.42 Å². The van der Waals surface area contributed by atoms with Crippen molar-refractivity contribution in [1.29, 1.82) is 0 Å². The van der Waals surface area contributed by atoms with Crippen LogP contribution in [0.5, 0.6) is 0 Å². The molecule has 0 amide bonds. The minimum absolute atomic E-state index is 0.0862. The summed E-state index contributed by atoms with van der Waals surface area (Å²) in [5.41, 5.74) is 6.37. The fourth-order valence-electron chi connectivity index (χ4n) is 2.17. The standard InChI is InChI=1S/C15H27N3O2S/c1-12(2)17-21(19,20)14-9-7-6-8-13(14)18(5)11-15(3,4)10-16/h6-9,12,17H,10-11,16H2,1-5H3. The van der Waals surface area contributed by atoms with Gasteiger partial charge in [-0.1, -0.05) is 26.0 Å². The molecular formula is C15H27N3O2S. The van der Waals surface area contributed by atoms with Gasteiger partial charge in [-0.15, -0.1) is 0 Å². The van der Waals surface area contributed by atoms with Crippen molar-refractivity contribution in [2.45, 2.75) is 38.6 Å². The number of nitrogens with zero attached hydrogens (tertiary/aromatic N) is 1. The molecule has 0 bridgehead atoms. The van der Waals surface area contributed by atoms with Gasteiger partial charge in [-0.3, -0.25) is 0 Å². The third-order valence-electron chi connectivity index (χ3n) is 3.17. The van der Waals surface area contributed by atoms with Crippen molar-refractivity contribution >= 4 is 15.7 Å². The summed E-state index contributed by atoms with van der Waals surface area (Å²) in [7, 11) is -1.63. The van der Waals surface area contributed by atoms with Crippen LogP contribution < -0.4 is 15.4 Å². The van der Waals surface area contributed by atoms with Crippen molar-refractivity contribution in [3.05, 3.63) is 24.3 Å². The van der Waals surface area contributed by atoms with E-state index < -0.39 is 10.0 Å². The lowest BCUT2D eigenvalue weighted by Gasteiger charge is -2.31. The van der Waals surface area contributed by atoms with Gasteiger partial charge in [0.1, 0.15) is 4.90 Å². The van der Waals surface area contributed by atoms with Gasteiger partial charge in [-0.25, -0.2) is 13.1 Å². The minimum atomic E-state index is -3.52. The molecule has 0 unspecified atom stereocenters. The Kier molecular flexibility index (Phi) is 5.78. The molecule has 1 aromatic rings. The first-order chi connectivity index (χ1) is 9.59. The molecule has 0 aliphatic heterocycles. The van der Waals surface area contributed by atoms with Gasteiger partial charge in [0.05, 0.1) is 5.69 Å². The maximum atomic E-state index is 12.4. The summed E-state index contributed by atoms with van der Waals surface area (Å²) in [6.45, 7) is 8.96. The predicted octanol–water partition coefficient (Wildman–Crippen LogP) is 1.79. The molecule has 0 atom stereocenters. The first-order valence-electron chi connectivity index (χ1n) is 7.11. The van der Waals surface area contributed by atoms with Gasteiger partial charge in [0.2, 0.25) is 10.0 Å². The number of anilines is 1. The van der Waals surface area contributed by atoms with E-state index in [4.69, 9.17) is 5.73 Å². The molecular weight excluding hydrogens is 286 g/mol. The highest BCUT2D eigenvalue weighted by Gasteiger charge is 2.24. The molecule has 120 valence electrons. The van der Waals surface area contributed by atoms with Crippen molar-refractivity contribution in [1.82, 2.24) is 4.72 Å². The van der Waals surface area contributed by atoms with Crippen LogP contribution in [-0.2, 0) is 10.0 Å². The third kappa shape index (κ3) is 4.98. The Bertz CT molecular complexity index is 568. The zero-order valence-corrected chi connectivity index (χ0v) is 14.4. The van der Waals surface area contributed by atoms with E-state index in [-0.39, 0.29) is 11.5 Å². The second-order valence-corrected chi connectivity index (χ2v) is 8.15. The van der Waals surface area contributed by atoms with Crippen molar-refractivity contribution < 1.29 is 8.42 Å². The number of benzene rings is 1. The van der Waals surface area contributed by atoms with Gasteiger partial charge in [-0.05, 0) is 37.9 Å². The highest BCUT2D eigenvalue weighted by molar-refractivity contribution is 7.89. The van der Waals surface area contributed by atoms with Crippen LogP contribution in [0.1, 0.15) is 27.7 Å². The van der Waals surface area contributed by atoms with E-state index >= 15 is 0 Å². The lowest BCUT2D eigenvalue weighted by molar-refractivity contribution is 0.384. The molecule has 0 saturated heterocycles. The predicted molar refractivity (Wildman–Crippen MR) is 88.0 cm³/mol. The molecule has 0 saturated carbocycles. The van der Waals surface area contributed by atoms with Gasteiger partial charge in [-0.2, -0.15) is 0 Å². The van der Waals surface area contributed by atoms with Crippen LogP contribution in [0.15, 0.2) is 29.2 Å². The number of para-hydroxylation sites is 1. The summed E-state index contributed by atoms with van der Waals surface area (Å²) >= 11 is 0. The van der Waals surface area contributed by atoms with Gasteiger partial charge in [0.15, 0.2) is 0 Å². The molecule has 0 aliphatic rings. The molecule has 0 radical (unpaired) electrons. The number of hydrogen-bond acceptors (Lipinski definition) is 4. The molecule has 0 aromatic heterocycles. The monoisotopic (exact) mass is 313 g/mol. The summed E-state index contributed by atoms with van der Waals surface area (Å²) in [5, 5.41) is 0. The van der Waals surface area contributed by atoms with Crippen molar-refractivity contribution in [3.63, 3.8) is 0 Å². The molecule has 6 heteroatoms. The normalized spacial score (nSPS) is 12.7. The molecule has 1 aromatic carbocycles. The zero-order chi connectivity index (χ0) is 16.3. The fourth-order valence-corrected chi connectivity index (χ4v) is 3.67. The third-order valence-corrected chi connectivity index (χ3v) is 4.88. The Morgan fingerprint density at radius 1 is 1.29 bits per heavy atom. The lowest BCUT2D eigenvalue weighted by atomic mass is 9.93. The summed E-state index contributed by atoms with van der Waals surface area (Å²) in [6.07, 6.45) is 0. The molecule has 0 fully saturated rings. The second kappa shape index (κ2) is 6.77. The Morgan fingerprint density at radius 3 is 2.38 bits per heavy atom. The Hall–Kier alpha value is -1.11. The van der Waals surface area contributed by atoms with Crippen LogP contribution in [0.3, 0.4) is 0 Å². The number of hydrogen-bond donors (Lipinski definition) is 2. The molecule has 5 nitrogen and oxygen atoms in total. The highest BCUT2D eigenvalue weighted by Crippen LogP contribution is 2.27. The number of nitrogens with two attached hydrogens (primary N) is 1. The van der Waals surface area contributed by atoms with Crippen LogP contribution in [-0.4, -0.2) is 34.6 Å². The maximum Gasteiger partial charge on any atom is 0.242 e. The van der Waals surface area contributed by atoms with Gasteiger partial charge in [0.25, 0.3) is 0 Å². The lowest BCUT2D eigenvalue weighted by Crippen LogP contribution is -2.38. The number of nitrogens with one attached hydrogen (secondary N) is 1. The Morgan fingerprint density at radius 2 is 1.86 bits per heavy atom.